The summed E-state index contributed by atoms with van der Waals surface area (Å²) in [4.78, 5) is 9.03. The molecule has 3 rings (SSSR count). The number of benzene rings is 3. The van der Waals surface area contributed by atoms with Crippen LogP contribution in [-0.2, 0) is 5.41 Å². The second kappa shape index (κ2) is 9.06. The van der Waals surface area contributed by atoms with Gasteiger partial charge in [-0.1, -0.05) is 52.6 Å². The molecule has 0 fully saturated rings. The van der Waals surface area contributed by atoms with Crippen LogP contribution in [0, 0.1) is 0 Å². The van der Waals surface area contributed by atoms with E-state index >= 15 is 0 Å². The molecule has 0 aromatic heterocycles. The van der Waals surface area contributed by atoms with E-state index in [1.54, 1.807) is 12.4 Å². The van der Waals surface area contributed by atoms with E-state index in [4.69, 9.17) is 0 Å². The highest BCUT2D eigenvalue weighted by molar-refractivity contribution is 9.10. The first-order valence-corrected chi connectivity index (χ1v) is 10.8. The Bertz CT molecular complexity index is 971. The molecule has 0 bridgehead atoms. The third-order valence-corrected chi connectivity index (χ3v) is 5.45. The molecule has 0 radical (unpaired) electrons. The summed E-state index contributed by atoms with van der Waals surface area (Å²) in [6.07, 6.45) is 3.40. The first-order chi connectivity index (χ1) is 13.7. The highest BCUT2D eigenvalue weighted by Crippen LogP contribution is 2.30. The molecule has 0 saturated carbocycles. The second-order valence-corrected chi connectivity index (χ2v) is 9.55. The first kappa shape index (κ1) is 21.5. The van der Waals surface area contributed by atoms with Crippen LogP contribution in [0.3, 0.4) is 0 Å². The Balaban J connectivity index is 2.00. The standard InChI is InChI=1S/C24H22Br2N2O/c1-24(2,3)18-12-16(14-27-21-8-4-19(25)5-9-21)23(29)17(13-18)15-28-22-10-6-20(26)7-11-22/h4-15,29H,1-3H3. The van der Waals surface area contributed by atoms with Gasteiger partial charge in [-0.3, -0.25) is 9.98 Å². The Morgan fingerprint density at radius 1 is 0.724 bits per heavy atom. The summed E-state index contributed by atoms with van der Waals surface area (Å²) in [7, 11) is 0. The quantitative estimate of drug-likeness (QED) is 0.356. The van der Waals surface area contributed by atoms with Crippen LogP contribution in [0.25, 0.3) is 0 Å². The van der Waals surface area contributed by atoms with E-state index in [1.165, 1.54) is 0 Å². The molecule has 0 aliphatic heterocycles. The average molecular weight is 514 g/mol. The van der Waals surface area contributed by atoms with Crippen molar-refractivity contribution in [2.24, 2.45) is 9.98 Å². The van der Waals surface area contributed by atoms with Gasteiger partial charge in [0.05, 0.1) is 11.4 Å². The lowest BCUT2D eigenvalue weighted by Gasteiger charge is -2.21. The molecule has 0 aliphatic carbocycles. The number of hydrogen-bond donors (Lipinski definition) is 1. The second-order valence-electron chi connectivity index (χ2n) is 7.72. The zero-order valence-corrected chi connectivity index (χ0v) is 19.7. The molecule has 0 unspecified atom stereocenters. The van der Waals surface area contributed by atoms with Crippen molar-refractivity contribution in [1.29, 1.82) is 0 Å². The van der Waals surface area contributed by atoms with Crippen molar-refractivity contribution in [3.05, 3.63) is 86.3 Å². The average Bonchev–Trinajstić information content (AvgIpc) is 2.68. The summed E-state index contributed by atoms with van der Waals surface area (Å²) in [6, 6.07) is 19.4. The highest BCUT2D eigenvalue weighted by Gasteiger charge is 2.17. The van der Waals surface area contributed by atoms with E-state index in [2.05, 4.69) is 62.6 Å². The van der Waals surface area contributed by atoms with Gasteiger partial charge in [-0.15, -0.1) is 0 Å². The topological polar surface area (TPSA) is 45.0 Å². The van der Waals surface area contributed by atoms with Gasteiger partial charge >= 0.3 is 0 Å². The van der Waals surface area contributed by atoms with Gasteiger partial charge in [0.25, 0.3) is 0 Å². The fraction of sp³-hybridized carbons (Fsp3) is 0.167. The first-order valence-electron chi connectivity index (χ1n) is 9.19. The lowest BCUT2D eigenvalue weighted by atomic mass is 9.85. The molecule has 5 heteroatoms. The van der Waals surface area contributed by atoms with Crippen molar-refractivity contribution in [1.82, 2.24) is 0 Å². The van der Waals surface area contributed by atoms with E-state index in [0.717, 1.165) is 25.9 Å². The third-order valence-electron chi connectivity index (χ3n) is 4.39. The van der Waals surface area contributed by atoms with Crippen LogP contribution < -0.4 is 0 Å². The molecule has 0 atom stereocenters. The number of aromatic hydroxyl groups is 1. The van der Waals surface area contributed by atoms with E-state index < -0.39 is 0 Å². The zero-order valence-electron chi connectivity index (χ0n) is 16.5. The maximum atomic E-state index is 10.8. The number of phenolic OH excluding ortho intramolecular Hbond substituents is 1. The van der Waals surface area contributed by atoms with E-state index in [0.29, 0.717) is 11.1 Å². The Morgan fingerprint density at radius 3 is 1.45 bits per heavy atom. The molecule has 0 saturated heterocycles. The Labute approximate surface area is 188 Å². The van der Waals surface area contributed by atoms with Gasteiger partial charge < -0.3 is 5.11 Å². The summed E-state index contributed by atoms with van der Waals surface area (Å²) in [5.74, 6) is 0.166. The van der Waals surface area contributed by atoms with Gasteiger partial charge in [0.1, 0.15) is 5.75 Å². The fourth-order valence-electron chi connectivity index (χ4n) is 2.65. The monoisotopic (exact) mass is 512 g/mol. The number of phenols is 1. The summed E-state index contributed by atoms with van der Waals surface area (Å²) < 4.78 is 2.00. The van der Waals surface area contributed by atoms with E-state index in [1.807, 2.05) is 60.7 Å². The number of rotatable bonds is 4. The molecule has 3 aromatic rings. The molecule has 0 spiro atoms. The van der Waals surface area contributed by atoms with Crippen LogP contribution in [0.5, 0.6) is 5.75 Å². The van der Waals surface area contributed by atoms with Crippen LogP contribution in [0.2, 0.25) is 0 Å². The van der Waals surface area contributed by atoms with E-state index in [-0.39, 0.29) is 11.2 Å². The normalized spacial score (nSPS) is 12.2. The lowest BCUT2D eigenvalue weighted by molar-refractivity contribution is 0.472. The molecule has 148 valence electrons. The van der Waals surface area contributed by atoms with Crippen molar-refractivity contribution >= 4 is 55.7 Å². The van der Waals surface area contributed by atoms with Gasteiger partial charge in [-0.2, -0.15) is 0 Å². The largest absolute Gasteiger partial charge is 0.507 e. The minimum atomic E-state index is -0.0753. The fourth-order valence-corrected chi connectivity index (χ4v) is 3.18. The van der Waals surface area contributed by atoms with Crippen molar-refractivity contribution in [2.45, 2.75) is 26.2 Å². The molecule has 3 aromatic carbocycles. The number of halogens is 2. The van der Waals surface area contributed by atoms with Gasteiger partial charge in [0.2, 0.25) is 0 Å². The van der Waals surface area contributed by atoms with Crippen LogP contribution in [-0.4, -0.2) is 17.5 Å². The predicted molar refractivity (Wildman–Crippen MR) is 130 cm³/mol. The molecule has 0 heterocycles. The molecular weight excluding hydrogens is 492 g/mol. The van der Waals surface area contributed by atoms with Crippen molar-refractivity contribution in [2.75, 3.05) is 0 Å². The lowest BCUT2D eigenvalue weighted by Crippen LogP contribution is -2.12. The number of aliphatic imine (C=N–C) groups is 2. The van der Waals surface area contributed by atoms with Crippen molar-refractivity contribution < 1.29 is 5.11 Å². The van der Waals surface area contributed by atoms with Gasteiger partial charge in [0, 0.05) is 32.5 Å². The van der Waals surface area contributed by atoms with Crippen LogP contribution in [0.15, 0.2) is 79.6 Å². The van der Waals surface area contributed by atoms with Gasteiger partial charge in [-0.05, 0) is 71.6 Å². The minimum absolute atomic E-state index is 0.0753. The Hall–Kier alpha value is -2.24. The van der Waals surface area contributed by atoms with Gasteiger partial charge in [0.15, 0.2) is 0 Å². The van der Waals surface area contributed by atoms with Gasteiger partial charge in [-0.25, -0.2) is 0 Å². The number of nitrogens with zero attached hydrogens (tertiary/aromatic N) is 2. The molecule has 29 heavy (non-hydrogen) atoms. The SMILES string of the molecule is CC(C)(C)c1cc(C=Nc2ccc(Br)cc2)c(O)c(C=Nc2ccc(Br)cc2)c1. The summed E-state index contributed by atoms with van der Waals surface area (Å²) >= 11 is 6.85. The molecule has 0 amide bonds. The molecule has 1 N–H and O–H groups in total. The molecule has 3 nitrogen and oxygen atoms in total. The maximum Gasteiger partial charge on any atom is 0.133 e. The Kier molecular flexibility index (Phi) is 6.70. The summed E-state index contributed by atoms with van der Waals surface area (Å²) in [5, 5.41) is 10.8. The Morgan fingerprint density at radius 2 is 1.10 bits per heavy atom. The number of hydrogen-bond acceptors (Lipinski definition) is 3. The van der Waals surface area contributed by atoms with Crippen molar-refractivity contribution in [3.63, 3.8) is 0 Å². The third kappa shape index (κ3) is 5.87. The van der Waals surface area contributed by atoms with Crippen LogP contribution in [0.4, 0.5) is 11.4 Å². The highest BCUT2D eigenvalue weighted by atomic mass is 79.9. The van der Waals surface area contributed by atoms with Crippen LogP contribution >= 0.6 is 31.9 Å². The predicted octanol–water partition coefficient (Wildman–Crippen LogP) is 7.72. The van der Waals surface area contributed by atoms with Crippen LogP contribution in [0.1, 0.15) is 37.5 Å². The zero-order chi connectivity index (χ0) is 21.0. The summed E-state index contributed by atoms with van der Waals surface area (Å²) in [5.41, 5.74) is 3.99. The summed E-state index contributed by atoms with van der Waals surface area (Å²) in [6.45, 7) is 6.43. The molecule has 0 aliphatic rings. The minimum Gasteiger partial charge on any atom is -0.507 e. The maximum absolute atomic E-state index is 10.8. The smallest absolute Gasteiger partial charge is 0.133 e. The van der Waals surface area contributed by atoms with E-state index in [9.17, 15) is 5.11 Å². The van der Waals surface area contributed by atoms with Crippen molar-refractivity contribution in [3.8, 4) is 5.75 Å². The molecular formula is C24H22Br2N2O.